The standard InChI is InChI=1S/C14H20ClNO2/c1-5-16-10(4)14(17)11-6-7-13(12(15)8-11)18-9(2)3/h6-10,16H,5H2,1-4H3. The summed E-state index contributed by atoms with van der Waals surface area (Å²) in [6, 6.07) is 4.95. The Bertz CT molecular complexity index is 418. The Hall–Kier alpha value is -1.06. The summed E-state index contributed by atoms with van der Waals surface area (Å²) < 4.78 is 5.53. The third kappa shape index (κ3) is 4.00. The second-order valence-electron chi connectivity index (χ2n) is 4.46. The number of ketones is 1. The summed E-state index contributed by atoms with van der Waals surface area (Å²) in [4.78, 5) is 12.1. The molecule has 0 aromatic heterocycles. The fraction of sp³-hybridized carbons (Fsp3) is 0.500. The molecule has 0 saturated heterocycles. The number of rotatable bonds is 6. The molecule has 0 heterocycles. The summed E-state index contributed by atoms with van der Waals surface area (Å²) in [5, 5.41) is 3.56. The highest BCUT2D eigenvalue weighted by Gasteiger charge is 2.15. The SMILES string of the molecule is CCNC(C)C(=O)c1ccc(OC(C)C)c(Cl)c1. The van der Waals surface area contributed by atoms with Gasteiger partial charge in [0.25, 0.3) is 0 Å². The molecular formula is C14H20ClNO2. The summed E-state index contributed by atoms with van der Waals surface area (Å²) in [5.41, 5.74) is 0.601. The van der Waals surface area contributed by atoms with Gasteiger partial charge in [-0.3, -0.25) is 4.79 Å². The number of hydrogen-bond acceptors (Lipinski definition) is 3. The molecule has 3 nitrogen and oxygen atoms in total. The maximum atomic E-state index is 12.1. The number of ether oxygens (including phenoxy) is 1. The van der Waals surface area contributed by atoms with Crippen molar-refractivity contribution in [3.8, 4) is 5.75 Å². The molecule has 18 heavy (non-hydrogen) atoms. The van der Waals surface area contributed by atoms with Crippen molar-refractivity contribution in [3.63, 3.8) is 0 Å². The third-order valence-corrected chi connectivity index (χ3v) is 2.78. The molecule has 0 aliphatic rings. The van der Waals surface area contributed by atoms with E-state index in [-0.39, 0.29) is 17.9 Å². The average Bonchev–Trinajstić information content (AvgIpc) is 2.30. The molecule has 1 aromatic rings. The van der Waals surface area contributed by atoms with Crippen LogP contribution in [-0.4, -0.2) is 24.5 Å². The molecule has 0 bridgehead atoms. The first-order chi connectivity index (χ1) is 8.45. The Kier molecular flexibility index (Phi) is 5.63. The van der Waals surface area contributed by atoms with E-state index >= 15 is 0 Å². The first-order valence-electron chi connectivity index (χ1n) is 6.19. The van der Waals surface area contributed by atoms with Crippen molar-refractivity contribution in [1.29, 1.82) is 0 Å². The number of benzene rings is 1. The summed E-state index contributed by atoms with van der Waals surface area (Å²) in [6.45, 7) is 8.44. The number of halogens is 1. The van der Waals surface area contributed by atoms with Crippen LogP contribution in [0.15, 0.2) is 18.2 Å². The van der Waals surface area contributed by atoms with Gasteiger partial charge in [0.05, 0.1) is 17.2 Å². The maximum absolute atomic E-state index is 12.1. The van der Waals surface area contributed by atoms with Gasteiger partial charge in [0.15, 0.2) is 5.78 Å². The van der Waals surface area contributed by atoms with Crippen LogP contribution in [0.1, 0.15) is 38.1 Å². The van der Waals surface area contributed by atoms with Gasteiger partial charge in [0, 0.05) is 5.56 Å². The Labute approximate surface area is 113 Å². The summed E-state index contributed by atoms with van der Waals surface area (Å²) in [5.74, 6) is 0.647. The van der Waals surface area contributed by atoms with E-state index in [9.17, 15) is 4.79 Å². The molecule has 0 fully saturated rings. The van der Waals surface area contributed by atoms with Gasteiger partial charge in [0.2, 0.25) is 0 Å². The monoisotopic (exact) mass is 269 g/mol. The number of carbonyl (C=O) groups excluding carboxylic acids is 1. The van der Waals surface area contributed by atoms with Crippen LogP contribution < -0.4 is 10.1 Å². The van der Waals surface area contributed by atoms with Crippen molar-refractivity contribution in [2.24, 2.45) is 0 Å². The Morgan fingerprint density at radius 1 is 1.39 bits per heavy atom. The zero-order valence-electron chi connectivity index (χ0n) is 11.3. The highest BCUT2D eigenvalue weighted by molar-refractivity contribution is 6.32. The number of nitrogens with one attached hydrogen (secondary N) is 1. The van der Waals surface area contributed by atoms with Crippen molar-refractivity contribution in [3.05, 3.63) is 28.8 Å². The fourth-order valence-corrected chi connectivity index (χ4v) is 1.88. The second-order valence-corrected chi connectivity index (χ2v) is 4.86. The zero-order valence-corrected chi connectivity index (χ0v) is 12.0. The Morgan fingerprint density at radius 3 is 2.56 bits per heavy atom. The van der Waals surface area contributed by atoms with Gasteiger partial charge < -0.3 is 10.1 Å². The van der Waals surface area contributed by atoms with Gasteiger partial charge in [-0.15, -0.1) is 0 Å². The third-order valence-electron chi connectivity index (χ3n) is 2.48. The van der Waals surface area contributed by atoms with E-state index in [1.165, 1.54) is 0 Å². The van der Waals surface area contributed by atoms with Gasteiger partial charge in [-0.05, 0) is 45.5 Å². The highest BCUT2D eigenvalue weighted by Crippen LogP contribution is 2.26. The topological polar surface area (TPSA) is 38.3 Å². The van der Waals surface area contributed by atoms with Crippen LogP contribution in [0.3, 0.4) is 0 Å². The normalized spacial score (nSPS) is 12.6. The van der Waals surface area contributed by atoms with Gasteiger partial charge in [0.1, 0.15) is 5.75 Å². The maximum Gasteiger partial charge on any atom is 0.179 e. The molecule has 1 aromatic carbocycles. The molecule has 1 rings (SSSR count). The van der Waals surface area contributed by atoms with E-state index in [0.717, 1.165) is 6.54 Å². The van der Waals surface area contributed by atoms with E-state index in [4.69, 9.17) is 16.3 Å². The lowest BCUT2D eigenvalue weighted by molar-refractivity contribution is 0.0952. The van der Waals surface area contributed by atoms with E-state index in [1.807, 2.05) is 27.7 Å². The van der Waals surface area contributed by atoms with Crippen LogP contribution in [0.2, 0.25) is 5.02 Å². The summed E-state index contributed by atoms with van der Waals surface area (Å²) >= 11 is 6.10. The molecule has 0 aliphatic carbocycles. The minimum absolute atomic E-state index is 0.0369. The van der Waals surface area contributed by atoms with Crippen LogP contribution in [0.5, 0.6) is 5.75 Å². The van der Waals surface area contributed by atoms with Crippen molar-refractivity contribution in [2.45, 2.75) is 39.8 Å². The number of Topliss-reactive ketones (excluding diaryl/α,β-unsaturated/α-hetero) is 1. The minimum Gasteiger partial charge on any atom is -0.489 e. The van der Waals surface area contributed by atoms with E-state index in [0.29, 0.717) is 16.3 Å². The van der Waals surface area contributed by atoms with Crippen LogP contribution >= 0.6 is 11.6 Å². The summed E-state index contributed by atoms with van der Waals surface area (Å²) in [7, 11) is 0. The fourth-order valence-electron chi connectivity index (χ4n) is 1.65. The average molecular weight is 270 g/mol. The lowest BCUT2D eigenvalue weighted by Gasteiger charge is -2.14. The molecule has 1 atom stereocenters. The van der Waals surface area contributed by atoms with Crippen LogP contribution in [0.4, 0.5) is 0 Å². The lowest BCUT2D eigenvalue weighted by Crippen LogP contribution is -2.33. The minimum atomic E-state index is -0.206. The molecule has 1 N–H and O–H groups in total. The molecule has 1 unspecified atom stereocenters. The van der Waals surface area contributed by atoms with Crippen molar-refractivity contribution >= 4 is 17.4 Å². The molecule has 100 valence electrons. The van der Waals surface area contributed by atoms with E-state index < -0.39 is 0 Å². The second kappa shape index (κ2) is 6.76. The number of likely N-dealkylation sites (N-methyl/N-ethyl adjacent to an activating group) is 1. The molecule has 0 amide bonds. The Balaban J connectivity index is 2.86. The van der Waals surface area contributed by atoms with Crippen LogP contribution in [-0.2, 0) is 0 Å². The van der Waals surface area contributed by atoms with Gasteiger partial charge in [-0.1, -0.05) is 18.5 Å². The smallest absolute Gasteiger partial charge is 0.179 e. The molecule has 0 saturated carbocycles. The first kappa shape index (κ1) is 15.0. The molecule has 4 heteroatoms. The predicted octanol–water partition coefficient (Wildman–Crippen LogP) is 3.31. The predicted molar refractivity (Wildman–Crippen MR) is 74.7 cm³/mol. The molecule has 0 spiro atoms. The molecule has 0 radical (unpaired) electrons. The van der Waals surface area contributed by atoms with E-state index in [1.54, 1.807) is 18.2 Å². The van der Waals surface area contributed by atoms with Crippen molar-refractivity contribution in [1.82, 2.24) is 5.32 Å². The van der Waals surface area contributed by atoms with E-state index in [2.05, 4.69) is 5.32 Å². The summed E-state index contributed by atoms with van der Waals surface area (Å²) in [6.07, 6.45) is 0.0599. The van der Waals surface area contributed by atoms with Gasteiger partial charge in [-0.25, -0.2) is 0 Å². The number of hydrogen-bond donors (Lipinski definition) is 1. The quantitative estimate of drug-likeness (QED) is 0.805. The first-order valence-corrected chi connectivity index (χ1v) is 6.57. The van der Waals surface area contributed by atoms with Gasteiger partial charge >= 0.3 is 0 Å². The highest BCUT2D eigenvalue weighted by atomic mass is 35.5. The zero-order chi connectivity index (χ0) is 13.7. The Morgan fingerprint density at radius 2 is 2.06 bits per heavy atom. The molecule has 0 aliphatic heterocycles. The van der Waals surface area contributed by atoms with Crippen LogP contribution in [0.25, 0.3) is 0 Å². The van der Waals surface area contributed by atoms with Crippen molar-refractivity contribution < 1.29 is 9.53 Å². The lowest BCUT2D eigenvalue weighted by atomic mass is 10.1. The largest absolute Gasteiger partial charge is 0.489 e. The van der Waals surface area contributed by atoms with Crippen molar-refractivity contribution in [2.75, 3.05) is 6.54 Å². The molecular weight excluding hydrogens is 250 g/mol. The number of carbonyl (C=O) groups is 1. The van der Waals surface area contributed by atoms with Crippen LogP contribution in [0, 0.1) is 0 Å². The van der Waals surface area contributed by atoms with Gasteiger partial charge in [-0.2, -0.15) is 0 Å².